The highest BCUT2D eigenvalue weighted by molar-refractivity contribution is 5.66. The van der Waals surface area contributed by atoms with E-state index in [0.29, 0.717) is 5.82 Å². The summed E-state index contributed by atoms with van der Waals surface area (Å²) in [5, 5.41) is 0. The third kappa shape index (κ3) is 8.99. The van der Waals surface area contributed by atoms with E-state index in [-0.39, 0.29) is 11.6 Å². The normalized spacial score (nSPS) is 10.1. The molecule has 0 aromatic carbocycles. The van der Waals surface area contributed by atoms with Crippen molar-refractivity contribution in [1.82, 2.24) is 4.98 Å². The van der Waals surface area contributed by atoms with Gasteiger partial charge in [0, 0.05) is 12.6 Å². The predicted molar refractivity (Wildman–Crippen MR) is 64.9 cm³/mol. The second-order valence-electron chi connectivity index (χ2n) is 4.41. The van der Waals surface area contributed by atoms with Crippen LogP contribution in [0.2, 0.25) is 0 Å². The smallest absolute Gasteiger partial charge is 0.303 e. The van der Waals surface area contributed by atoms with Crippen molar-refractivity contribution in [2.75, 3.05) is 5.73 Å². The van der Waals surface area contributed by atoms with Gasteiger partial charge in [-0.15, -0.1) is 0 Å². The van der Waals surface area contributed by atoms with E-state index in [2.05, 4.69) is 4.98 Å². The van der Waals surface area contributed by atoms with Crippen molar-refractivity contribution < 1.29 is 9.53 Å². The van der Waals surface area contributed by atoms with Gasteiger partial charge in [-0.25, -0.2) is 4.98 Å². The zero-order valence-electron chi connectivity index (χ0n) is 10.6. The standard InChI is InChI=1S/C6H8N2.C6H12O2/c1-5-3-2-4-6(7)8-5;1-5(7)8-6(2,3)4/h2-4H,1H3,(H2,7,8);1-4H3. The number of pyridine rings is 1. The lowest BCUT2D eigenvalue weighted by Gasteiger charge is -2.17. The van der Waals surface area contributed by atoms with Gasteiger partial charge in [0.25, 0.3) is 0 Å². The lowest BCUT2D eigenvalue weighted by Crippen LogP contribution is -2.21. The van der Waals surface area contributed by atoms with Crippen LogP contribution < -0.4 is 5.73 Å². The number of esters is 1. The summed E-state index contributed by atoms with van der Waals surface area (Å²) in [5.74, 6) is 0.363. The Morgan fingerprint density at radius 2 is 1.94 bits per heavy atom. The number of aryl methyl sites for hydroxylation is 1. The largest absolute Gasteiger partial charge is 0.460 e. The summed E-state index contributed by atoms with van der Waals surface area (Å²) in [6, 6.07) is 5.57. The van der Waals surface area contributed by atoms with Gasteiger partial charge in [-0.3, -0.25) is 4.79 Å². The number of nitrogens with zero attached hydrogens (tertiary/aromatic N) is 1. The molecular formula is C12H20N2O2. The fourth-order valence-electron chi connectivity index (χ4n) is 0.995. The van der Waals surface area contributed by atoms with E-state index < -0.39 is 0 Å². The molecular weight excluding hydrogens is 204 g/mol. The molecule has 1 heterocycles. The van der Waals surface area contributed by atoms with Gasteiger partial charge < -0.3 is 10.5 Å². The second kappa shape index (κ2) is 6.10. The molecule has 2 N–H and O–H groups in total. The van der Waals surface area contributed by atoms with Crippen LogP contribution in [-0.2, 0) is 9.53 Å². The topological polar surface area (TPSA) is 65.2 Å². The molecule has 16 heavy (non-hydrogen) atoms. The SMILES string of the molecule is CC(=O)OC(C)(C)C.Cc1cccc(N)n1. The van der Waals surface area contributed by atoms with Gasteiger partial charge in [-0.05, 0) is 39.8 Å². The Balaban J connectivity index is 0.000000281. The Morgan fingerprint density at radius 1 is 1.38 bits per heavy atom. The Hall–Kier alpha value is -1.58. The molecule has 0 unspecified atom stereocenters. The summed E-state index contributed by atoms with van der Waals surface area (Å²) < 4.78 is 4.80. The van der Waals surface area contributed by atoms with Crippen molar-refractivity contribution in [3.63, 3.8) is 0 Å². The molecule has 0 saturated carbocycles. The average Bonchev–Trinajstić information content (AvgIpc) is 1.98. The molecule has 0 amide bonds. The lowest BCUT2D eigenvalue weighted by atomic mass is 10.2. The average molecular weight is 224 g/mol. The maximum atomic E-state index is 10.2. The number of hydrogen-bond donors (Lipinski definition) is 1. The van der Waals surface area contributed by atoms with Crippen LogP contribution in [0.5, 0.6) is 0 Å². The van der Waals surface area contributed by atoms with Crippen LogP contribution in [0.1, 0.15) is 33.4 Å². The molecule has 0 bridgehead atoms. The van der Waals surface area contributed by atoms with Gasteiger partial charge in [0.2, 0.25) is 0 Å². The van der Waals surface area contributed by atoms with Crippen molar-refractivity contribution in [2.24, 2.45) is 0 Å². The van der Waals surface area contributed by atoms with Crippen LogP contribution >= 0.6 is 0 Å². The highest BCUT2D eigenvalue weighted by Gasteiger charge is 2.11. The minimum Gasteiger partial charge on any atom is -0.460 e. The first kappa shape index (κ1) is 14.4. The molecule has 4 nitrogen and oxygen atoms in total. The Morgan fingerprint density at radius 3 is 2.12 bits per heavy atom. The van der Waals surface area contributed by atoms with Gasteiger partial charge in [-0.2, -0.15) is 0 Å². The molecule has 0 spiro atoms. The van der Waals surface area contributed by atoms with Gasteiger partial charge in [0.1, 0.15) is 11.4 Å². The van der Waals surface area contributed by atoms with Crippen LogP contribution in [0.15, 0.2) is 18.2 Å². The van der Waals surface area contributed by atoms with Gasteiger partial charge in [-0.1, -0.05) is 6.07 Å². The zero-order valence-corrected chi connectivity index (χ0v) is 10.6. The summed E-state index contributed by atoms with van der Waals surface area (Å²) in [6.45, 7) is 8.85. The maximum absolute atomic E-state index is 10.2. The van der Waals surface area contributed by atoms with E-state index in [1.165, 1.54) is 6.92 Å². The molecule has 1 aromatic rings. The minimum atomic E-state index is -0.328. The van der Waals surface area contributed by atoms with Crippen molar-refractivity contribution >= 4 is 11.8 Å². The zero-order chi connectivity index (χ0) is 12.8. The number of rotatable bonds is 0. The summed E-state index contributed by atoms with van der Waals surface area (Å²) in [4.78, 5) is 14.2. The number of hydrogen-bond acceptors (Lipinski definition) is 4. The Labute approximate surface area is 96.8 Å². The fraction of sp³-hybridized carbons (Fsp3) is 0.500. The first-order valence-corrected chi connectivity index (χ1v) is 5.09. The van der Waals surface area contributed by atoms with Crippen LogP contribution in [-0.4, -0.2) is 16.6 Å². The molecule has 0 aliphatic carbocycles. The summed E-state index contributed by atoms with van der Waals surface area (Å²) in [7, 11) is 0. The van der Waals surface area contributed by atoms with E-state index in [1.807, 2.05) is 39.8 Å². The molecule has 90 valence electrons. The third-order valence-corrected chi connectivity index (χ3v) is 1.36. The molecule has 0 fully saturated rings. The number of carbonyl (C=O) groups excluding carboxylic acids is 1. The maximum Gasteiger partial charge on any atom is 0.303 e. The molecule has 0 radical (unpaired) electrons. The number of nitrogens with two attached hydrogens (primary N) is 1. The minimum absolute atomic E-state index is 0.225. The van der Waals surface area contributed by atoms with Gasteiger partial charge >= 0.3 is 5.97 Å². The molecule has 0 aliphatic heterocycles. The lowest BCUT2D eigenvalue weighted by molar-refractivity contribution is -0.151. The van der Waals surface area contributed by atoms with Crippen LogP contribution in [0.25, 0.3) is 0 Å². The summed E-state index contributed by atoms with van der Waals surface area (Å²) in [5.41, 5.74) is 5.98. The summed E-state index contributed by atoms with van der Waals surface area (Å²) >= 11 is 0. The number of anilines is 1. The van der Waals surface area contributed by atoms with Gasteiger partial charge in [0.15, 0.2) is 0 Å². The fourth-order valence-corrected chi connectivity index (χ4v) is 0.995. The van der Waals surface area contributed by atoms with Crippen molar-refractivity contribution in [2.45, 2.75) is 40.2 Å². The quantitative estimate of drug-likeness (QED) is 0.687. The number of ether oxygens (including phenoxy) is 1. The first-order chi connectivity index (χ1) is 7.20. The first-order valence-electron chi connectivity index (χ1n) is 5.09. The van der Waals surface area contributed by atoms with Crippen LogP contribution in [0.3, 0.4) is 0 Å². The van der Waals surface area contributed by atoms with E-state index >= 15 is 0 Å². The predicted octanol–water partition coefficient (Wildman–Crippen LogP) is 2.32. The highest BCUT2D eigenvalue weighted by Crippen LogP contribution is 2.05. The molecule has 4 heteroatoms. The van der Waals surface area contributed by atoms with E-state index in [1.54, 1.807) is 6.07 Å². The number of carbonyl (C=O) groups is 1. The molecule has 1 rings (SSSR count). The van der Waals surface area contributed by atoms with Crippen molar-refractivity contribution in [1.29, 1.82) is 0 Å². The second-order valence-corrected chi connectivity index (χ2v) is 4.41. The Kier molecular flexibility index (Phi) is 5.50. The van der Waals surface area contributed by atoms with E-state index in [4.69, 9.17) is 10.5 Å². The number of aromatic nitrogens is 1. The van der Waals surface area contributed by atoms with Gasteiger partial charge in [0.05, 0.1) is 0 Å². The molecule has 0 aliphatic rings. The monoisotopic (exact) mass is 224 g/mol. The van der Waals surface area contributed by atoms with E-state index in [9.17, 15) is 4.79 Å². The summed E-state index contributed by atoms with van der Waals surface area (Å²) in [6.07, 6.45) is 0. The van der Waals surface area contributed by atoms with E-state index in [0.717, 1.165) is 5.69 Å². The van der Waals surface area contributed by atoms with Crippen LogP contribution in [0, 0.1) is 6.92 Å². The molecule has 1 aromatic heterocycles. The number of nitrogen functional groups attached to an aromatic ring is 1. The van der Waals surface area contributed by atoms with Crippen molar-refractivity contribution in [3.05, 3.63) is 23.9 Å². The van der Waals surface area contributed by atoms with Crippen LogP contribution in [0.4, 0.5) is 5.82 Å². The molecule has 0 saturated heterocycles. The third-order valence-electron chi connectivity index (χ3n) is 1.36. The Bertz CT molecular complexity index is 326. The molecule has 0 atom stereocenters. The van der Waals surface area contributed by atoms with Crippen molar-refractivity contribution in [3.8, 4) is 0 Å². The highest BCUT2D eigenvalue weighted by atomic mass is 16.6.